The van der Waals surface area contributed by atoms with Crippen LogP contribution in [0, 0.1) is 5.92 Å². The third-order valence-corrected chi connectivity index (χ3v) is 6.70. The normalized spacial score (nSPS) is 14.3. The van der Waals surface area contributed by atoms with E-state index in [1.807, 2.05) is 32.2 Å². The van der Waals surface area contributed by atoms with Crippen molar-refractivity contribution in [1.29, 1.82) is 0 Å². The Balaban J connectivity index is 1.96. The number of hydrogen-bond donors (Lipinski definition) is 1. The minimum atomic E-state index is -1.42. The average molecular weight is 431 g/mol. The summed E-state index contributed by atoms with van der Waals surface area (Å²) in [5, 5.41) is 9.69. The number of carbonyl (C=O) groups is 1. The number of halogens is 1. The van der Waals surface area contributed by atoms with Gasteiger partial charge in [0.1, 0.15) is 0 Å². The number of nitrogens with zero attached hydrogens (tertiary/aromatic N) is 2. The Kier molecular flexibility index (Phi) is 9.77. The molecule has 0 amide bonds. The van der Waals surface area contributed by atoms with E-state index in [2.05, 4.69) is 16.9 Å². The van der Waals surface area contributed by atoms with Gasteiger partial charge < -0.3 is 5.11 Å². The van der Waals surface area contributed by atoms with Crippen molar-refractivity contribution in [3.63, 3.8) is 0 Å². The van der Waals surface area contributed by atoms with E-state index >= 15 is 0 Å². The maximum Gasteiger partial charge on any atom is 0.329 e. The fraction of sp³-hybridized carbons (Fsp3) is 0.560. The van der Waals surface area contributed by atoms with Crippen LogP contribution in [0.1, 0.15) is 83.4 Å². The summed E-state index contributed by atoms with van der Waals surface area (Å²) in [6.07, 6.45) is 14.3. The van der Waals surface area contributed by atoms with Crippen LogP contribution in [0.15, 0.2) is 36.7 Å². The highest BCUT2D eigenvalue weighted by molar-refractivity contribution is 6.33. The topological polar surface area (TPSA) is 63.1 Å². The first-order valence-corrected chi connectivity index (χ1v) is 11.6. The zero-order valence-electron chi connectivity index (χ0n) is 18.5. The number of carboxylic acid groups (broad SMARTS) is 1. The van der Waals surface area contributed by atoms with Gasteiger partial charge >= 0.3 is 5.97 Å². The van der Waals surface area contributed by atoms with E-state index in [1.54, 1.807) is 18.3 Å². The number of benzene rings is 1. The van der Waals surface area contributed by atoms with Crippen molar-refractivity contribution >= 4 is 17.6 Å². The van der Waals surface area contributed by atoms with Crippen LogP contribution in [-0.4, -0.2) is 21.0 Å². The second kappa shape index (κ2) is 12.0. The Bertz CT molecular complexity index is 777. The van der Waals surface area contributed by atoms with Crippen LogP contribution in [-0.2, 0) is 16.1 Å². The summed E-state index contributed by atoms with van der Waals surface area (Å²) in [5.41, 5.74) is 3.30. The lowest BCUT2D eigenvalue weighted by Crippen LogP contribution is -2.36. The monoisotopic (exact) mass is 430 g/mol. The van der Waals surface area contributed by atoms with Crippen molar-refractivity contribution in [1.82, 2.24) is 9.97 Å². The molecule has 5 heteroatoms. The second-order valence-electron chi connectivity index (χ2n) is 8.17. The fourth-order valence-corrected chi connectivity index (χ4v) is 3.96. The summed E-state index contributed by atoms with van der Waals surface area (Å²) in [4.78, 5) is 19.5. The molecule has 164 valence electrons. The summed E-state index contributed by atoms with van der Waals surface area (Å²) in [7, 11) is 0. The lowest BCUT2D eigenvalue weighted by Gasteiger charge is -2.29. The predicted molar refractivity (Wildman–Crippen MR) is 124 cm³/mol. The Morgan fingerprint density at radius 2 is 1.63 bits per heavy atom. The van der Waals surface area contributed by atoms with Gasteiger partial charge in [0.05, 0.1) is 17.6 Å². The van der Waals surface area contributed by atoms with Crippen molar-refractivity contribution < 1.29 is 9.90 Å². The van der Waals surface area contributed by atoms with Crippen molar-refractivity contribution in [3.05, 3.63) is 47.9 Å². The molecule has 0 aliphatic carbocycles. The van der Waals surface area contributed by atoms with E-state index in [4.69, 9.17) is 11.6 Å². The van der Waals surface area contributed by atoms with Crippen LogP contribution in [0.5, 0.6) is 0 Å². The minimum Gasteiger partial charge on any atom is -0.480 e. The van der Waals surface area contributed by atoms with Gasteiger partial charge in [0, 0.05) is 11.8 Å². The number of carboxylic acids is 1. The van der Waals surface area contributed by atoms with Gasteiger partial charge in [0.25, 0.3) is 0 Å². The first-order valence-electron chi connectivity index (χ1n) is 11.3. The van der Waals surface area contributed by atoms with E-state index in [0.29, 0.717) is 12.0 Å². The smallest absolute Gasteiger partial charge is 0.329 e. The molecule has 2 rings (SSSR count). The molecule has 0 aliphatic rings. The van der Waals surface area contributed by atoms with Gasteiger partial charge in [-0.15, -0.1) is 11.6 Å². The highest BCUT2D eigenvalue weighted by Gasteiger charge is 2.42. The molecule has 2 unspecified atom stereocenters. The molecule has 0 spiro atoms. The van der Waals surface area contributed by atoms with Crippen molar-refractivity contribution in [3.8, 4) is 11.3 Å². The first-order chi connectivity index (χ1) is 14.4. The van der Waals surface area contributed by atoms with Crippen LogP contribution in [0.3, 0.4) is 0 Å². The molecule has 1 N–H and O–H groups in total. The summed E-state index contributed by atoms with van der Waals surface area (Å²) in [6, 6.07) is 7.32. The molecule has 0 radical (unpaired) electrons. The van der Waals surface area contributed by atoms with Crippen LogP contribution < -0.4 is 0 Å². The number of rotatable bonds is 13. The molecule has 2 aromatic rings. The maximum atomic E-state index is 11.8. The summed E-state index contributed by atoms with van der Waals surface area (Å²) in [5.74, 6) is -1.20. The highest BCUT2D eigenvalue weighted by Crippen LogP contribution is 2.39. The molecule has 30 heavy (non-hydrogen) atoms. The third-order valence-electron chi connectivity index (χ3n) is 5.95. The summed E-state index contributed by atoms with van der Waals surface area (Å²) in [6.45, 7) is 6.05. The predicted octanol–water partition coefficient (Wildman–Crippen LogP) is 7.00. The molecule has 0 saturated heterocycles. The molecule has 4 nitrogen and oxygen atoms in total. The van der Waals surface area contributed by atoms with Crippen LogP contribution in [0.2, 0.25) is 0 Å². The molecule has 1 aromatic carbocycles. The molecule has 1 heterocycles. The zero-order valence-corrected chi connectivity index (χ0v) is 19.3. The number of aryl methyl sites for hydroxylation is 1. The SMILES string of the molecule is CCCCCCCCCc1cnc(-c2ccc(C(Cl)(C(=O)O)C(C)CC)cc2)cn1. The van der Waals surface area contributed by atoms with Crippen LogP contribution in [0.25, 0.3) is 11.3 Å². The quantitative estimate of drug-likeness (QED) is 0.274. The first kappa shape index (κ1) is 24.3. The lowest BCUT2D eigenvalue weighted by atomic mass is 9.84. The van der Waals surface area contributed by atoms with Crippen LogP contribution in [0.4, 0.5) is 0 Å². The third kappa shape index (κ3) is 6.28. The van der Waals surface area contributed by atoms with E-state index in [1.165, 1.54) is 38.5 Å². The number of aliphatic carboxylic acids is 1. The summed E-state index contributed by atoms with van der Waals surface area (Å²) < 4.78 is 0. The number of aromatic nitrogens is 2. The highest BCUT2D eigenvalue weighted by atomic mass is 35.5. The van der Waals surface area contributed by atoms with Crippen molar-refractivity contribution in [2.75, 3.05) is 0 Å². The van der Waals surface area contributed by atoms with Gasteiger partial charge in [-0.25, -0.2) is 4.79 Å². The fourth-order valence-electron chi connectivity index (χ4n) is 3.68. The molecule has 0 aliphatic heterocycles. The maximum absolute atomic E-state index is 11.8. The van der Waals surface area contributed by atoms with E-state index in [9.17, 15) is 9.90 Å². The Morgan fingerprint density at radius 3 is 2.17 bits per heavy atom. The standard InChI is InChI=1S/C25H35ClN2O2/c1-4-6-7-8-9-10-11-12-22-17-28-23(18-27-22)20-13-15-21(16-14-20)25(26,24(29)30)19(3)5-2/h13-19H,4-12H2,1-3H3,(H,29,30). The number of alkyl halides is 1. The van der Waals surface area contributed by atoms with E-state index in [0.717, 1.165) is 29.8 Å². The molecule has 1 aromatic heterocycles. The van der Waals surface area contributed by atoms with Crippen molar-refractivity contribution in [2.45, 2.75) is 83.4 Å². The number of hydrogen-bond acceptors (Lipinski definition) is 3. The minimum absolute atomic E-state index is 0.187. The van der Waals surface area contributed by atoms with Gasteiger partial charge in [-0.3, -0.25) is 9.97 Å². The largest absolute Gasteiger partial charge is 0.480 e. The Morgan fingerprint density at radius 1 is 1.00 bits per heavy atom. The molecular formula is C25H35ClN2O2. The Labute approximate surface area is 186 Å². The van der Waals surface area contributed by atoms with Gasteiger partial charge in [0.2, 0.25) is 0 Å². The van der Waals surface area contributed by atoms with Gasteiger partial charge in [-0.2, -0.15) is 0 Å². The van der Waals surface area contributed by atoms with Gasteiger partial charge in [-0.1, -0.05) is 90.0 Å². The second-order valence-corrected chi connectivity index (χ2v) is 8.76. The molecule has 2 atom stereocenters. The van der Waals surface area contributed by atoms with E-state index < -0.39 is 10.8 Å². The number of unbranched alkanes of at least 4 members (excludes halogenated alkanes) is 6. The molecular weight excluding hydrogens is 396 g/mol. The Hall–Kier alpha value is -1.94. The zero-order chi connectivity index (χ0) is 22.0. The van der Waals surface area contributed by atoms with Gasteiger partial charge in [-0.05, 0) is 24.3 Å². The van der Waals surface area contributed by atoms with E-state index in [-0.39, 0.29) is 5.92 Å². The molecule has 0 fully saturated rings. The molecule has 0 bridgehead atoms. The van der Waals surface area contributed by atoms with Crippen LogP contribution >= 0.6 is 11.6 Å². The van der Waals surface area contributed by atoms with Crippen molar-refractivity contribution in [2.24, 2.45) is 5.92 Å². The van der Waals surface area contributed by atoms with Gasteiger partial charge in [0.15, 0.2) is 4.87 Å². The lowest BCUT2D eigenvalue weighted by molar-refractivity contribution is -0.142. The average Bonchev–Trinajstić information content (AvgIpc) is 2.77. The molecule has 0 saturated carbocycles. The summed E-state index contributed by atoms with van der Waals surface area (Å²) >= 11 is 6.54.